The lowest BCUT2D eigenvalue weighted by molar-refractivity contribution is 0.397. The van der Waals surface area contributed by atoms with Crippen LogP contribution in [0.4, 0.5) is 0 Å². The molecule has 1 aliphatic rings. The van der Waals surface area contributed by atoms with E-state index < -0.39 is 0 Å². The summed E-state index contributed by atoms with van der Waals surface area (Å²) >= 11 is 3.60. The Morgan fingerprint density at radius 1 is 1.47 bits per heavy atom. The molecule has 1 aromatic carbocycles. The van der Waals surface area contributed by atoms with Crippen LogP contribution in [0.2, 0.25) is 0 Å². The molecule has 0 amide bonds. The smallest absolute Gasteiger partial charge is 0.123 e. The van der Waals surface area contributed by atoms with Crippen molar-refractivity contribution in [3.63, 3.8) is 0 Å². The Balaban J connectivity index is 2.51. The van der Waals surface area contributed by atoms with Crippen LogP contribution < -0.4 is 10.5 Å². The second kappa shape index (κ2) is 3.80. The predicted octanol–water partition coefficient (Wildman–Crippen LogP) is 2.84. The molecule has 1 fully saturated rings. The van der Waals surface area contributed by atoms with E-state index in [-0.39, 0.29) is 11.5 Å². The van der Waals surface area contributed by atoms with Gasteiger partial charge in [0.2, 0.25) is 0 Å². The molecule has 2 N–H and O–H groups in total. The molecule has 15 heavy (non-hydrogen) atoms. The van der Waals surface area contributed by atoms with Crippen LogP contribution in [0.25, 0.3) is 0 Å². The van der Waals surface area contributed by atoms with Crippen molar-refractivity contribution in [1.82, 2.24) is 0 Å². The quantitative estimate of drug-likeness (QED) is 0.916. The number of rotatable bonds is 3. The molecule has 1 aliphatic carbocycles. The van der Waals surface area contributed by atoms with Crippen LogP contribution in [0, 0.1) is 0 Å². The molecule has 0 saturated heterocycles. The summed E-state index contributed by atoms with van der Waals surface area (Å²) in [6.07, 6.45) is 2.31. The molecule has 0 heterocycles. The molecule has 1 aromatic rings. The summed E-state index contributed by atoms with van der Waals surface area (Å²) in [6, 6.07) is 6.22. The molecule has 1 unspecified atom stereocenters. The zero-order chi connectivity index (χ0) is 11.1. The molecular formula is C12H16BrNO. The lowest BCUT2D eigenvalue weighted by atomic mass is 9.89. The Morgan fingerprint density at radius 3 is 2.60 bits per heavy atom. The Kier molecular flexibility index (Phi) is 2.77. The molecule has 0 aliphatic heterocycles. The number of halogens is 1. The molecule has 1 saturated carbocycles. The van der Waals surface area contributed by atoms with E-state index in [1.165, 1.54) is 5.56 Å². The third kappa shape index (κ3) is 1.68. The molecule has 3 heteroatoms. The molecule has 2 rings (SSSR count). The molecular weight excluding hydrogens is 254 g/mol. The maximum Gasteiger partial charge on any atom is 0.123 e. The van der Waals surface area contributed by atoms with E-state index in [0.717, 1.165) is 23.1 Å². The number of benzene rings is 1. The SMILES string of the molecule is COc1cccc(Br)c1C1(C(C)N)CC1. The monoisotopic (exact) mass is 269 g/mol. The van der Waals surface area contributed by atoms with Gasteiger partial charge in [-0.2, -0.15) is 0 Å². The van der Waals surface area contributed by atoms with Crippen LogP contribution in [0.3, 0.4) is 0 Å². The zero-order valence-electron chi connectivity index (χ0n) is 9.09. The maximum atomic E-state index is 6.08. The summed E-state index contributed by atoms with van der Waals surface area (Å²) in [4.78, 5) is 0. The highest BCUT2D eigenvalue weighted by Gasteiger charge is 2.50. The second-order valence-corrected chi connectivity index (χ2v) is 5.12. The highest BCUT2D eigenvalue weighted by atomic mass is 79.9. The van der Waals surface area contributed by atoms with Gasteiger partial charge in [0.25, 0.3) is 0 Å². The normalized spacial score (nSPS) is 19.7. The van der Waals surface area contributed by atoms with Gasteiger partial charge in [-0.25, -0.2) is 0 Å². The van der Waals surface area contributed by atoms with Crippen molar-refractivity contribution >= 4 is 15.9 Å². The molecule has 82 valence electrons. The van der Waals surface area contributed by atoms with Gasteiger partial charge in [0.1, 0.15) is 5.75 Å². The number of hydrogen-bond donors (Lipinski definition) is 1. The number of nitrogens with two attached hydrogens (primary N) is 1. The summed E-state index contributed by atoms with van der Waals surface area (Å²) in [6.45, 7) is 2.08. The van der Waals surface area contributed by atoms with Gasteiger partial charge in [0, 0.05) is 21.5 Å². The van der Waals surface area contributed by atoms with Crippen molar-refractivity contribution in [2.75, 3.05) is 7.11 Å². The van der Waals surface area contributed by atoms with Gasteiger partial charge in [-0.05, 0) is 31.9 Å². The van der Waals surface area contributed by atoms with Crippen LogP contribution in [0.5, 0.6) is 5.75 Å². The summed E-state index contributed by atoms with van der Waals surface area (Å²) in [5.74, 6) is 0.944. The molecule has 1 atom stereocenters. The Morgan fingerprint density at radius 2 is 2.13 bits per heavy atom. The number of hydrogen-bond acceptors (Lipinski definition) is 2. The van der Waals surface area contributed by atoms with E-state index in [1.807, 2.05) is 12.1 Å². The van der Waals surface area contributed by atoms with Gasteiger partial charge in [0.15, 0.2) is 0 Å². The predicted molar refractivity (Wildman–Crippen MR) is 65.3 cm³/mol. The van der Waals surface area contributed by atoms with Crippen LogP contribution in [0.1, 0.15) is 25.3 Å². The van der Waals surface area contributed by atoms with Crippen molar-refractivity contribution in [2.45, 2.75) is 31.2 Å². The average Bonchev–Trinajstić information content (AvgIpc) is 2.98. The van der Waals surface area contributed by atoms with Gasteiger partial charge >= 0.3 is 0 Å². The standard InChI is InChI=1S/C12H16BrNO/c1-8(14)12(6-7-12)11-9(13)4-3-5-10(11)15-2/h3-5,8H,6-7,14H2,1-2H3. The van der Waals surface area contributed by atoms with Crippen LogP contribution >= 0.6 is 15.9 Å². The third-order valence-electron chi connectivity index (χ3n) is 3.35. The minimum atomic E-state index is 0.130. The van der Waals surface area contributed by atoms with Gasteiger partial charge in [0.05, 0.1) is 7.11 Å². The van der Waals surface area contributed by atoms with E-state index >= 15 is 0 Å². The molecule has 0 bridgehead atoms. The Bertz CT molecular complexity index is 372. The lowest BCUT2D eigenvalue weighted by Gasteiger charge is -2.23. The van der Waals surface area contributed by atoms with E-state index in [1.54, 1.807) is 7.11 Å². The van der Waals surface area contributed by atoms with E-state index in [0.29, 0.717) is 0 Å². The maximum absolute atomic E-state index is 6.08. The summed E-state index contributed by atoms with van der Waals surface area (Å²) in [7, 11) is 1.71. The van der Waals surface area contributed by atoms with E-state index in [2.05, 4.69) is 28.9 Å². The summed E-state index contributed by atoms with van der Waals surface area (Å²) in [5.41, 5.74) is 7.45. The Labute approximate surface area is 98.9 Å². The molecule has 0 radical (unpaired) electrons. The second-order valence-electron chi connectivity index (χ2n) is 4.26. The largest absolute Gasteiger partial charge is 0.496 e. The van der Waals surface area contributed by atoms with Gasteiger partial charge in [-0.1, -0.05) is 22.0 Å². The van der Waals surface area contributed by atoms with Crippen molar-refractivity contribution < 1.29 is 4.74 Å². The number of methoxy groups -OCH3 is 1. The minimum Gasteiger partial charge on any atom is -0.496 e. The van der Waals surface area contributed by atoms with Crippen molar-refractivity contribution in [1.29, 1.82) is 0 Å². The fraction of sp³-hybridized carbons (Fsp3) is 0.500. The zero-order valence-corrected chi connectivity index (χ0v) is 10.7. The Hall–Kier alpha value is -0.540. The first-order valence-corrected chi connectivity index (χ1v) is 5.99. The van der Waals surface area contributed by atoms with Gasteiger partial charge in [-0.3, -0.25) is 0 Å². The lowest BCUT2D eigenvalue weighted by Crippen LogP contribution is -2.32. The first kappa shape index (κ1) is 11.0. The van der Waals surface area contributed by atoms with E-state index in [4.69, 9.17) is 10.5 Å². The average molecular weight is 270 g/mol. The third-order valence-corrected chi connectivity index (χ3v) is 4.01. The fourth-order valence-electron chi connectivity index (χ4n) is 2.23. The fourth-order valence-corrected chi connectivity index (χ4v) is 2.97. The van der Waals surface area contributed by atoms with Crippen LogP contribution in [0.15, 0.2) is 22.7 Å². The van der Waals surface area contributed by atoms with Gasteiger partial charge < -0.3 is 10.5 Å². The first-order chi connectivity index (χ1) is 7.12. The minimum absolute atomic E-state index is 0.130. The molecule has 0 spiro atoms. The topological polar surface area (TPSA) is 35.2 Å². The highest BCUT2D eigenvalue weighted by molar-refractivity contribution is 9.10. The molecule has 0 aromatic heterocycles. The van der Waals surface area contributed by atoms with Crippen molar-refractivity contribution in [3.05, 3.63) is 28.2 Å². The van der Waals surface area contributed by atoms with E-state index in [9.17, 15) is 0 Å². The van der Waals surface area contributed by atoms with Gasteiger partial charge in [-0.15, -0.1) is 0 Å². The van der Waals surface area contributed by atoms with Crippen molar-refractivity contribution in [3.8, 4) is 5.75 Å². The van der Waals surface area contributed by atoms with Crippen LogP contribution in [-0.2, 0) is 5.41 Å². The highest BCUT2D eigenvalue weighted by Crippen LogP contribution is 2.55. The first-order valence-electron chi connectivity index (χ1n) is 5.20. The number of ether oxygens (including phenoxy) is 1. The summed E-state index contributed by atoms with van der Waals surface area (Å²) in [5, 5.41) is 0. The van der Waals surface area contributed by atoms with Crippen LogP contribution in [-0.4, -0.2) is 13.2 Å². The van der Waals surface area contributed by atoms with Crippen molar-refractivity contribution in [2.24, 2.45) is 5.73 Å². The molecule has 2 nitrogen and oxygen atoms in total. The summed E-state index contributed by atoms with van der Waals surface area (Å²) < 4.78 is 6.53.